The highest BCUT2D eigenvalue weighted by atomic mass is 32.2. The van der Waals surface area contributed by atoms with E-state index >= 15 is 0 Å². The molecule has 222 valence electrons. The maximum atomic E-state index is 14.2. The van der Waals surface area contributed by atoms with Crippen LogP contribution in [0.15, 0.2) is 96.0 Å². The van der Waals surface area contributed by atoms with Crippen LogP contribution in [0.5, 0.6) is 5.75 Å². The quantitative estimate of drug-likeness (QED) is 0.235. The second kappa shape index (κ2) is 12.2. The third-order valence-electron chi connectivity index (χ3n) is 8.36. The number of hydrogen-bond donors (Lipinski definition) is 0. The summed E-state index contributed by atoms with van der Waals surface area (Å²) in [4.78, 5) is 9.98. The van der Waals surface area contributed by atoms with Crippen molar-refractivity contribution in [2.75, 3.05) is 51.3 Å². The number of anilines is 1. The van der Waals surface area contributed by atoms with Crippen molar-refractivity contribution in [1.82, 2.24) is 13.9 Å². The highest BCUT2D eigenvalue weighted by Crippen LogP contribution is 2.37. The Kier molecular flexibility index (Phi) is 7.88. The number of benzene rings is 3. The number of aromatic nitrogens is 2. The minimum atomic E-state index is -1.54. The van der Waals surface area contributed by atoms with Crippen molar-refractivity contribution < 1.29 is 13.7 Å². The van der Waals surface area contributed by atoms with Crippen LogP contribution in [0.25, 0.3) is 33.4 Å². The zero-order valence-electron chi connectivity index (χ0n) is 24.6. The van der Waals surface area contributed by atoms with E-state index in [0.29, 0.717) is 21.9 Å². The number of nitrogens with zero attached hydrogens (tertiary/aromatic N) is 5. The average molecular weight is 604 g/mol. The molecule has 44 heavy (non-hydrogen) atoms. The highest BCUT2D eigenvalue weighted by Gasteiger charge is 2.24. The summed E-state index contributed by atoms with van der Waals surface area (Å²) < 4.78 is 27.7. The first-order valence-electron chi connectivity index (χ1n) is 14.9. The second-order valence-corrected chi connectivity index (χ2v) is 12.6. The molecule has 0 N–H and O–H groups in total. The topological polar surface area (TPSA) is 83.6 Å². The number of morpholine rings is 1. The zero-order valence-corrected chi connectivity index (χ0v) is 25.4. The Morgan fingerprint density at radius 3 is 2.45 bits per heavy atom. The summed E-state index contributed by atoms with van der Waals surface area (Å²) in [6.45, 7) is 4.99. The number of rotatable bonds is 7. The van der Waals surface area contributed by atoms with Gasteiger partial charge in [-0.1, -0.05) is 36.4 Å². The first-order chi connectivity index (χ1) is 21.6. The Morgan fingerprint density at radius 2 is 1.73 bits per heavy atom. The van der Waals surface area contributed by atoms with E-state index in [1.165, 1.54) is 0 Å². The van der Waals surface area contributed by atoms with Crippen molar-refractivity contribution in [2.24, 2.45) is 0 Å². The Hall–Kier alpha value is -4.49. The van der Waals surface area contributed by atoms with Crippen molar-refractivity contribution in [2.45, 2.75) is 17.4 Å². The molecule has 2 unspecified atom stereocenters. The minimum absolute atomic E-state index is 0.0739. The average Bonchev–Trinajstić information content (AvgIpc) is 3.68. The molecule has 4 heterocycles. The Bertz CT molecular complexity index is 1860. The Balaban J connectivity index is 1.32. The van der Waals surface area contributed by atoms with Crippen molar-refractivity contribution in [3.05, 3.63) is 96.7 Å². The summed E-state index contributed by atoms with van der Waals surface area (Å²) in [6, 6.07) is 30.0. The van der Waals surface area contributed by atoms with Crippen LogP contribution in [0, 0.1) is 11.3 Å². The fourth-order valence-electron chi connectivity index (χ4n) is 6.06. The molecule has 2 aliphatic rings. The summed E-state index contributed by atoms with van der Waals surface area (Å²) in [5, 5.41) is 10.9. The third-order valence-corrected chi connectivity index (χ3v) is 9.74. The maximum absolute atomic E-state index is 14.2. The molecule has 0 amide bonds. The maximum Gasteiger partial charge on any atom is 0.158 e. The summed E-state index contributed by atoms with van der Waals surface area (Å²) in [6.07, 6.45) is 2.76. The van der Waals surface area contributed by atoms with Crippen LogP contribution in [-0.2, 0) is 15.7 Å². The van der Waals surface area contributed by atoms with Gasteiger partial charge in [0.2, 0.25) is 0 Å². The van der Waals surface area contributed by atoms with Crippen molar-refractivity contribution in [1.29, 1.82) is 5.26 Å². The number of likely N-dealkylation sites (N-methyl/N-ethyl adjacent to an activating group) is 1. The first-order valence-corrected chi connectivity index (χ1v) is 16.0. The third kappa shape index (κ3) is 5.48. The molecule has 7 rings (SSSR count). The monoisotopic (exact) mass is 603 g/mol. The van der Waals surface area contributed by atoms with Gasteiger partial charge in [-0.05, 0) is 78.7 Å². The number of fused-ring (bicyclic) bond motifs is 1. The molecule has 0 spiro atoms. The number of ether oxygens (including phenoxy) is 2. The highest BCUT2D eigenvalue weighted by molar-refractivity contribution is 7.83. The predicted molar refractivity (Wildman–Crippen MR) is 173 cm³/mol. The molecule has 2 saturated heterocycles. The molecule has 2 aliphatic heterocycles. The van der Waals surface area contributed by atoms with E-state index in [1.807, 2.05) is 58.6 Å². The number of likely N-dealkylation sites (tertiary alicyclic amines) is 1. The summed E-state index contributed by atoms with van der Waals surface area (Å²) in [5.74, 6) is 0.602. The van der Waals surface area contributed by atoms with Gasteiger partial charge < -0.3 is 19.3 Å². The smallest absolute Gasteiger partial charge is 0.158 e. The molecule has 8 nitrogen and oxygen atoms in total. The Morgan fingerprint density at radius 1 is 0.955 bits per heavy atom. The number of nitriles is 1. The van der Waals surface area contributed by atoms with E-state index in [4.69, 9.17) is 14.5 Å². The lowest BCUT2D eigenvalue weighted by molar-refractivity contribution is 0.122. The molecule has 2 aromatic heterocycles. The van der Waals surface area contributed by atoms with Crippen LogP contribution in [0.2, 0.25) is 0 Å². The van der Waals surface area contributed by atoms with Crippen LogP contribution in [0.1, 0.15) is 12.0 Å². The largest absolute Gasteiger partial charge is 0.488 e. The van der Waals surface area contributed by atoms with Gasteiger partial charge in [-0.3, -0.25) is 0 Å². The van der Waals surface area contributed by atoms with Gasteiger partial charge in [0.05, 0.1) is 29.4 Å². The zero-order chi connectivity index (χ0) is 30.0. The molecule has 0 radical (unpaired) electrons. The second-order valence-electron chi connectivity index (χ2n) is 11.2. The lowest BCUT2D eigenvalue weighted by Crippen LogP contribution is -2.36. The molecule has 3 aromatic carbocycles. The summed E-state index contributed by atoms with van der Waals surface area (Å²) >= 11 is 0. The normalized spacial score (nSPS) is 17.9. The van der Waals surface area contributed by atoms with E-state index in [0.717, 1.165) is 79.3 Å². The Labute approximate surface area is 259 Å². The van der Waals surface area contributed by atoms with Crippen LogP contribution in [0.4, 0.5) is 5.69 Å². The van der Waals surface area contributed by atoms with Crippen LogP contribution >= 0.6 is 0 Å². The van der Waals surface area contributed by atoms with E-state index in [2.05, 4.69) is 53.2 Å². The van der Waals surface area contributed by atoms with Gasteiger partial charge in [-0.25, -0.2) is 13.2 Å². The van der Waals surface area contributed by atoms with E-state index in [9.17, 15) is 9.47 Å². The van der Waals surface area contributed by atoms with E-state index in [1.54, 1.807) is 6.20 Å². The van der Waals surface area contributed by atoms with Crippen molar-refractivity contribution in [3.8, 4) is 34.2 Å². The molecule has 9 heteroatoms. The van der Waals surface area contributed by atoms with Crippen LogP contribution in [-0.4, -0.2) is 70.6 Å². The van der Waals surface area contributed by atoms with Gasteiger partial charge in [0.1, 0.15) is 17.9 Å². The molecule has 5 aromatic rings. The standard InChI is InChI=1S/C35H33N5O3S/c1-38-16-14-29(24-38)43-34-12-9-26(21-27(34)23-36)31-13-15-37-35-32(31)22-33(40(35)44(41)30-5-3-2-4-6-30)25-7-10-28(11-8-25)39-17-19-42-20-18-39/h2-13,15,21-22,29H,14,16-20,24H2,1H3. The summed E-state index contributed by atoms with van der Waals surface area (Å²) in [7, 11) is 0.538. The SMILES string of the molecule is CN1CCC(Oc2ccc(-c3ccnc4c3cc(-c3ccc(N5CCOCC5)cc3)n4S(=O)c3ccccc3)cc2C#N)C1. The molecule has 0 bridgehead atoms. The van der Waals surface area contributed by atoms with Crippen LogP contribution < -0.4 is 9.64 Å². The van der Waals surface area contributed by atoms with Gasteiger partial charge in [0.15, 0.2) is 16.6 Å². The fourth-order valence-corrected chi connectivity index (χ4v) is 7.30. The number of hydrogen-bond acceptors (Lipinski definition) is 7. The lowest BCUT2D eigenvalue weighted by Gasteiger charge is -2.28. The molecule has 0 saturated carbocycles. The number of pyridine rings is 1. The van der Waals surface area contributed by atoms with Gasteiger partial charge in [-0.2, -0.15) is 5.26 Å². The molecular weight excluding hydrogens is 570 g/mol. The molecule has 2 atom stereocenters. The van der Waals surface area contributed by atoms with Gasteiger partial charge in [0.25, 0.3) is 0 Å². The molecule has 0 aliphatic carbocycles. The summed E-state index contributed by atoms with van der Waals surface area (Å²) in [5.41, 5.74) is 5.78. The first kappa shape index (κ1) is 28.3. The van der Waals surface area contributed by atoms with Crippen LogP contribution in [0.3, 0.4) is 0 Å². The van der Waals surface area contributed by atoms with Crippen molar-refractivity contribution >= 4 is 27.7 Å². The van der Waals surface area contributed by atoms with Gasteiger partial charge in [0, 0.05) is 43.4 Å². The fraction of sp³-hybridized carbons (Fsp3) is 0.257. The molecule has 2 fully saturated rings. The van der Waals surface area contributed by atoms with Gasteiger partial charge >= 0.3 is 0 Å². The minimum Gasteiger partial charge on any atom is -0.488 e. The van der Waals surface area contributed by atoms with Crippen molar-refractivity contribution in [3.63, 3.8) is 0 Å². The van der Waals surface area contributed by atoms with Gasteiger partial charge in [-0.15, -0.1) is 0 Å². The predicted octanol–water partition coefficient (Wildman–Crippen LogP) is 5.73. The van der Waals surface area contributed by atoms with E-state index < -0.39 is 11.0 Å². The lowest BCUT2D eigenvalue weighted by atomic mass is 10.0. The molecular formula is C35H33N5O3S. The van der Waals surface area contributed by atoms with E-state index in [-0.39, 0.29) is 6.10 Å².